The van der Waals surface area contributed by atoms with Gasteiger partial charge in [-0.3, -0.25) is 14.6 Å². The average Bonchev–Trinajstić information content (AvgIpc) is 2.75. The number of primary amides is 1. The Bertz CT molecular complexity index is 783. The molecule has 1 amide bonds. The van der Waals surface area contributed by atoms with E-state index in [2.05, 4.69) is 46.2 Å². The maximum absolute atomic E-state index is 10.6. The van der Waals surface area contributed by atoms with E-state index in [4.69, 9.17) is 26.8 Å². The average molecular weight is 505 g/mol. The lowest BCUT2D eigenvalue weighted by atomic mass is 10.0. The molecule has 0 saturated carbocycles. The van der Waals surface area contributed by atoms with E-state index >= 15 is 0 Å². The number of nitrogens with two attached hydrogens (primary N) is 1. The molecule has 1 heterocycles. The molecule has 1 saturated heterocycles. The summed E-state index contributed by atoms with van der Waals surface area (Å²) in [6.07, 6.45) is 0. The smallest absolute Gasteiger partial charge is 0.243 e. The van der Waals surface area contributed by atoms with E-state index in [0.29, 0.717) is 19.8 Å². The molecule has 0 radical (unpaired) electrons. The van der Waals surface area contributed by atoms with Crippen LogP contribution in [0.2, 0.25) is 5.02 Å². The number of amides is 1. The van der Waals surface area contributed by atoms with Crippen LogP contribution in [0, 0.1) is 0 Å². The lowest BCUT2D eigenvalue weighted by Crippen LogP contribution is -2.46. The predicted molar refractivity (Wildman–Crippen MR) is 134 cm³/mol. The zero-order valence-electron chi connectivity index (χ0n) is 18.1. The lowest BCUT2D eigenvalue weighted by molar-refractivity contribution is -0.123. The Kier molecular flexibility index (Phi) is 13.8. The van der Waals surface area contributed by atoms with Crippen molar-refractivity contribution in [1.82, 2.24) is 9.80 Å². The number of hydrogen-bond acceptors (Lipinski definition) is 5. The molecule has 3 rings (SSSR count). The fourth-order valence-electron chi connectivity index (χ4n) is 3.46. The summed E-state index contributed by atoms with van der Waals surface area (Å²) >= 11 is 5.97. The number of ether oxygens (including phenoxy) is 2. The molecule has 0 aliphatic carbocycles. The second-order valence-electron chi connectivity index (χ2n) is 7.45. The first-order chi connectivity index (χ1) is 14.6. The van der Waals surface area contributed by atoms with Crippen molar-refractivity contribution in [2.45, 2.75) is 6.54 Å². The van der Waals surface area contributed by atoms with Crippen LogP contribution >= 0.6 is 36.4 Å². The summed E-state index contributed by atoms with van der Waals surface area (Å²) in [6, 6.07) is 16.7. The highest BCUT2D eigenvalue weighted by Crippen LogP contribution is 2.22. The fourth-order valence-corrected chi connectivity index (χ4v) is 3.59. The van der Waals surface area contributed by atoms with Gasteiger partial charge in [-0.15, -0.1) is 24.8 Å². The van der Waals surface area contributed by atoms with Gasteiger partial charge >= 0.3 is 0 Å². The molecule has 2 N–H and O–H groups in total. The van der Waals surface area contributed by atoms with Gasteiger partial charge in [0.15, 0.2) is 0 Å². The monoisotopic (exact) mass is 503 g/mol. The molecular formula is C23H32Cl3N3O3. The van der Waals surface area contributed by atoms with Crippen LogP contribution in [0.5, 0.6) is 0 Å². The van der Waals surface area contributed by atoms with E-state index in [9.17, 15) is 4.79 Å². The van der Waals surface area contributed by atoms with Gasteiger partial charge in [0.1, 0.15) is 6.61 Å². The summed E-state index contributed by atoms with van der Waals surface area (Å²) < 4.78 is 10.6. The summed E-state index contributed by atoms with van der Waals surface area (Å²) in [5, 5.41) is 0.760. The molecule has 0 unspecified atom stereocenters. The molecule has 9 heteroatoms. The van der Waals surface area contributed by atoms with Gasteiger partial charge in [-0.25, -0.2) is 0 Å². The third-order valence-electron chi connectivity index (χ3n) is 5.17. The molecule has 2 aromatic carbocycles. The van der Waals surface area contributed by atoms with Gasteiger partial charge in [-0.1, -0.05) is 48.0 Å². The molecule has 32 heavy (non-hydrogen) atoms. The molecule has 1 aliphatic rings. The van der Waals surface area contributed by atoms with Gasteiger partial charge in [-0.2, -0.15) is 0 Å². The van der Waals surface area contributed by atoms with Gasteiger partial charge in [0, 0.05) is 44.3 Å². The van der Waals surface area contributed by atoms with E-state index in [0.717, 1.165) is 44.3 Å². The molecule has 178 valence electrons. The van der Waals surface area contributed by atoms with Crippen molar-refractivity contribution in [3.63, 3.8) is 0 Å². The molecule has 6 nitrogen and oxygen atoms in total. The van der Waals surface area contributed by atoms with Crippen LogP contribution in [-0.4, -0.2) is 74.9 Å². The Balaban J connectivity index is 0.00000256. The lowest BCUT2D eigenvalue weighted by Gasteiger charge is -2.34. The summed E-state index contributed by atoms with van der Waals surface area (Å²) in [4.78, 5) is 15.5. The van der Waals surface area contributed by atoms with E-state index in [1.165, 1.54) is 16.7 Å². The van der Waals surface area contributed by atoms with E-state index in [-0.39, 0.29) is 31.4 Å². The molecule has 0 bridgehead atoms. The van der Waals surface area contributed by atoms with Crippen LogP contribution in [0.15, 0.2) is 48.5 Å². The first kappa shape index (κ1) is 28.7. The Morgan fingerprint density at radius 2 is 1.34 bits per heavy atom. The van der Waals surface area contributed by atoms with Crippen LogP contribution in [-0.2, 0) is 20.8 Å². The topological polar surface area (TPSA) is 68.0 Å². The van der Waals surface area contributed by atoms with Gasteiger partial charge < -0.3 is 15.2 Å². The van der Waals surface area contributed by atoms with Crippen LogP contribution in [0.4, 0.5) is 0 Å². The van der Waals surface area contributed by atoms with Crippen molar-refractivity contribution >= 4 is 42.3 Å². The van der Waals surface area contributed by atoms with Crippen molar-refractivity contribution in [3.05, 3.63) is 59.1 Å². The number of rotatable bonds is 11. The van der Waals surface area contributed by atoms with Crippen molar-refractivity contribution in [2.24, 2.45) is 5.73 Å². The fraction of sp³-hybridized carbons (Fsp3) is 0.435. The highest BCUT2D eigenvalue weighted by atomic mass is 35.5. The van der Waals surface area contributed by atoms with E-state index in [1.807, 2.05) is 12.1 Å². The van der Waals surface area contributed by atoms with Crippen molar-refractivity contribution in [3.8, 4) is 11.1 Å². The molecular weight excluding hydrogens is 473 g/mol. The quantitative estimate of drug-likeness (QED) is 0.475. The number of hydrogen-bond donors (Lipinski definition) is 1. The number of halogens is 3. The number of piperazine rings is 1. The molecule has 0 spiro atoms. The second-order valence-corrected chi connectivity index (χ2v) is 7.89. The maximum Gasteiger partial charge on any atom is 0.243 e. The van der Waals surface area contributed by atoms with Crippen molar-refractivity contribution in [1.29, 1.82) is 0 Å². The number of carbonyl (C=O) groups is 1. The minimum Gasteiger partial charge on any atom is -0.378 e. The summed E-state index contributed by atoms with van der Waals surface area (Å²) in [7, 11) is 0. The summed E-state index contributed by atoms with van der Waals surface area (Å²) in [5.41, 5.74) is 8.73. The van der Waals surface area contributed by atoms with Crippen LogP contribution in [0.3, 0.4) is 0 Å². The van der Waals surface area contributed by atoms with Crippen molar-refractivity contribution < 1.29 is 14.3 Å². The molecule has 0 aromatic heterocycles. The largest absolute Gasteiger partial charge is 0.378 e. The standard InChI is InChI=1S/C23H30ClN3O3.2ClH/c24-22-7-5-21(6-8-22)20-3-1-19(2-4-20)17-27-11-9-26(10-12-27)13-14-29-15-16-30-18-23(25)28;;/h1-8H,9-18H2,(H2,25,28);2*1H. The molecule has 0 atom stereocenters. The SMILES string of the molecule is Cl.Cl.NC(=O)COCCOCCN1CCN(Cc2ccc(-c3ccc(Cl)cc3)cc2)CC1. The van der Waals surface area contributed by atoms with Gasteiger partial charge in [0.2, 0.25) is 5.91 Å². The Labute approximate surface area is 207 Å². The van der Waals surface area contributed by atoms with Crippen LogP contribution in [0.25, 0.3) is 11.1 Å². The highest BCUT2D eigenvalue weighted by Gasteiger charge is 2.16. The minimum absolute atomic E-state index is 0. The number of benzene rings is 2. The van der Waals surface area contributed by atoms with E-state index < -0.39 is 5.91 Å². The zero-order valence-corrected chi connectivity index (χ0v) is 20.5. The molecule has 1 fully saturated rings. The Hall–Kier alpha value is -1.38. The minimum atomic E-state index is -0.453. The van der Waals surface area contributed by atoms with Crippen LogP contribution in [0.1, 0.15) is 5.56 Å². The summed E-state index contributed by atoms with van der Waals surface area (Å²) in [5.74, 6) is -0.453. The summed E-state index contributed by atoms with van der Waals surface area (Å²) in [6.45, 7) is 7.60. The van der Waals surface area contributed by atoms with Crippen molar-refractivity contribution in [2.75, 3.05) is 59.2 Å². The second kappa shape index (κ2) is 15.5. The highest BCUT2D eigenvalue weighted by molar-refractivity contribution is 6.30. The number of carbonyl (C=O) groups excluding carboxylic acids is 1. The van der Waals surface area contributed by atoms with Gasteiger partial charge in [-0.05, 0) is 28.8 Å². The third kappa shape index (κ3) is 10.0. The number of nitrogens with zero attached hydrogens (tertiary/aromatic N) is 2. The van der Waals surface area contributed by atoms with Gasteiger partial charge in [0.05, 0.1) is 19.8 Å². The molecule has 2 aromatic rings. The first-order valence-corrected chi connectivity index (χ1v) is 10.7. The predicted octanol–water partition coefficient (Wildman–Crippen LogP) is 3.49. The maximum atomic E-state index is 10.6. The third-order valence-corrected chi connectivity index (χ3v) is 5.42. The Morgan fingerprint density at radius 3 is 1.94 bits per heavy atom. The molecule has 1 aliphatic heterocycles. The zero-order chi connectivity index (χ0) is 21.2. The Morgan fingerprint density at radius 1 is 0.812 bits per heavy atom. The normalized spacial score (nSPS) is 14.4. The van der Waals surface area contributed by atoms with E-state index in [1.54, 1.807) is 0 Å². The van der Waals surface area contributed by atoms with Crippen LogP contribution < -0.4 is 5.73 Å². The first-order valence-electron chi connectivity index (χ1n) is 10.3. The van der Waals surface area contributed by atoms with Gasteiger partial charge in [0.25, 0.3) is 0 Å².